The molecule has 0 saturated heterocycles. The van der Waals surface area contributed by atoms with Crippen molar-refractivity contribution >= 4 is 0 Å². The molecular formula is C49H104. The first-order chi connectivity index (χ1) is 22.2. The van der Waals surface area contributed by atoms with Crippen molar-refractivity contribution in [1.29, 1.82) is 0 Å². The van der Waals surface area contributed by atoms with Crippen LogP contribution in [0.1, 0.15) is 221 Å². The van der Waals surface area contributed by atoms with Crippen LogP contribution in [0.2, 0.25) is 0 Å². The van der Waals surface area contributed by atoms with E-state index in [0.29, 0.717) is 5.41 Å². The Morgan fingerprint density at radius 2 is 0.673 bits per heavy atom. The highest BCUT2D eigenvalue weighted by molar-refractivity contribution is 5.23. The minimum atomic E-state index is 0. The summed E-state index contributed by atoms with van der Waals surface area (Å²) in [4.78, 5) is 0. The molecule has 0 aliphatic heterocycles. The smallest absolute Gasteiger partial charge is 0.0395 e. The van der Waals surface area contributed by atoms with Crippen molar-refractivity contribution in [2.45, 2.75) is 225 Å². The average Bonchev–Trinajstić information content (AvgIpc) is 3.01. The first kappa shape index (κ1) is 69.2. The van der Waals surface area contributed by atoms with Gasteiger partial charge < -0.3 is 0 Å². The molecule has 0 spiro atoms. The molecule has 2 aromatic rings. The van der Waals surface area contributed by atoms with E-state index in [2.05, 4.69) is 189 Å². The molecule has 300 valence electrons. The molecule has 0 heterocycles. The fourth-order valence-electron chi connectivity index (χ4n) is 1.55. The SMILES string of the molecule is C.CC.CC(C)(C)C.CC(C)C.CCC.CCC(C)C.CCC(C)C.CCCC.CCCCC.Cc1ccccc1.Cc1ccccc1C. The fourth-order valence-corrected chi connectivity index (χ4v) is 1.55. The lowest BCUT2D eigenvalue weighted by Gasteiger charge is -2.05. The van der Waals surface area contributed by atoms with E-state index in [-0.39, 0.29) is 7.43 Å². The number of hydrogen-bond acceptors (Lipinski definition) is 0. The Kier molecular flexibility index (Phi) is 87.1. The molecule has 0 N–H and O–H groups in total. The molecule has 0 heteroatoms. The van der Waals surface area contributed by atoms with Gasteiger partial charge in [0.25, 0.3) is 0 Å². The number of hydrogen-bond donors (Lipinski definition) is 0. The zero-order chi connectivity index (χ0) is 40.0. The van der Waals surface area contributed by atoms with Gasteiger partial charge in [0, 0.05) is 0 Å². The van der Waals surface area contributed by atoms with Gasteiger partial charge in [-0.25, -0.2) is 0 Å². The van der Waals surface area contributed by atoms with Crippen LogP contribution in [0.15, 0.2) is 54.6 Å². The first-order valence-corrected chi connectivity index (χ1v) is 20.3. The second-order valence-corrected chi connectivity index (χ2v) is 15.1. The van der Waals surface area contributed by atoms with Crippen LogP contribution in [-0.4, -0.2) is 0 Å². The molecule has 0 atom stereocenters. The van der Waals surface area contributed by atoms with Gasteiger partial charge in [-0.05, 0) is 55.1 Å². The lowest BCUT2D eigenvalue weighted by molar-refractivity contribution is 0.469. The Balaban J connectivity index is -0.0000000528. The largest absolute Gasteiger partial charge is 0.0776 e. The minimum Gasteiger partial charge on any atom is -0.0776 e. The van der Waals surface area contributed by atoms with Crippen molar-refractivity contribution < 1.29 is 0 Å². The molecule has 0 aliphatic carbocycles. The number of rotatable bonds is 5. The first-order valence-electron chi connectivity index (χ1n) is 20.3. The van der Waals surface area contributed by atoms with Gasteiger partial charge in [-0.2, -0.15) is 0 Å². The van der Waals surface area contributed by atoms with Crippen LogP contribution in [-0.2, 0) is 0 Å². The Morgan fingerprint density at radius 1 is 0.469 bits per heavy atom. The Morgan fingerprint density at radius 3 is 0.755 bits per heavy atom. The number of aryl methyl sites for hydroxylation is 3. The molecule has 2 aromatic carbocycles. The van der Waals surface area contributed by atoms with Crippen LogP contribution in [0.5, 0.6) is 0 Å². The Bertz CT molecular complexity index is 659. The Hall–Kier alpha value is -1.56. The molecule has 0 saturated carbocycles. The molecule has 0 radical (unpaired) electrons. The van der Waals surface area contributed by atoms with Crippen LogP contribution in [0.3, 0.4) is 0 Å². The molecule has 0 nitrogen and oxygen atoms in total. The monoisotopic (exact) mass is 693 g/mol. The van der Waals surface area contributed by atoms with E-state index in [1.165, 1.54) is 68.1 Å². The van der Waals surface area contributed by atoms with Crippen molar-refractivity contribution in [1.82, 2.24) is 0 Å². The van der Waals surface area contributed by atoms with E-state index in [4.69, 9.17) is 0 Å². The predicted molar refractivity (Wildman–Crippen MR) is 243 cm³/mol. The summed E-state index contributed by atoms with van der Waals surface area (Å²) >= 11 is 0. The van der Waals surface area contributed by atoms with Crippen LogP contribution in [0.25, 0.3) is 0 Å². The van der Waals surface area contributed by atoms with Crippen molar-refractivity contribution in [2.75, 3.05) is 0 Å². The summed E-state index contributed by atoms with van der Waals surface area (Å²) in [6.07, 6.45) is 10.6. The van der Waals surface area contributed by atoms with E-state index in [1.807, 2.05) is 32.0 Å². The third kappa shape index (κ3) is 154. The summed E-state index contributed by atoms with van der Waals surface area (Å²) in [7, 11) is 0. The summed E-state index contributed by atoms with van der Waals surface area (Å²) in [6, 6.07) is 18.6. The maximum Gasteiger partial charge on any atom is -0.0395 e. The molecule has 0 aliphatic rings. The van der Waals surface area contributed by atoms with Gasteiger partial charge >= 0.3 is 0 Å². The van der Waals surface area contributed by atoms with Crippen molar-refractivity contribution in [3.63, 3.8) is 0 Å². The minimum absolute atomic E-state index is 0. The summed E-state index contributed by atoms with van der Waals surface area (Å²) in [5, 5.41) is 0. The summed E-state index contributed by atoms with van der Waals surface area (Å²) in [5.74, 6) is 2.60. The number of unbranched alkanes of at least 4 members (excludes halogenated alkanes) is 3. The molecule has 49 heavy (non-hydrogen) atoms. The molecule has 0 bridgehead atoms. The number of benzene rings is 2. The summed E-state index contributed by atoms with van der Waals surface area (Å²) in [5.41, 5.74) is 4.56. The molecule has 2 rings (SSSR count). The molecular weight excluding hydrogens is 589 g/mol. The third-order valence-electron chi connectivity index (χ3n) is 5.21. The van der Waals surface area contributed by atoms with Gasteiger partial charge in [-0.15, -0.1) is 0 Å². The summed E-state index contributed by atoms with van der Waals surface area (Å²) < 4.78 is 0. The quantitative estimate of drug-likeness (QED) is 0.293. The van der Waals surface area contributed by atoms with Crippen LogP contribution in [0.4, 0.5) is 0 Å². The standard InChI is InChI=1S/C8H10.C7H8.4C5H12.2C4H10.C3H8.C2H6.CH4/c1-7-5-3-4-6-8(7)2;1-7-5-3-2-4-6-7;1-5(2,3)4;2*1-4-5(2)3;1-3-5-4-2;1-4(2)3;1-3-4-2;1-3-2;1-2;/h3-6H,1-2H3;2-6H,1H3;1-4H3;2*5H,4H2,1-3H3;3-5H2,1-2H3;4H,1-3H3;3-4H2,1-2H3;3H2,1-2H3;1-2H3;1H4. The van der Waals surface area contributed by atoms with Crippen LogP contribution >= 0.6 is 0 Å². The van der Waals surface area contributed by atoms with Gasteiger partial charge in [-0.3, -0.25) is 0 Å². The van der Waals surface area contributed by atoms with Gasteiger partial charge in [-0.1, -0.05) is 264 Å². The van der Waals surface area contributed by atoms with Crippen molar-refractivity contribution in [3.05, 3.63) is 71.3 Å². The topological polar surface area (TPSA) is 0 Å². The zero-order valence-electron chi connectivity index (χ0n) is 38.6. The van der Waals surface area contributed by atoms with E-state index < -0.39 is 0 Å². The molecule has 0 unspecified atom stereocenters. The normalized spacial score (nSPS) is 8.63. The third-order valence-corrected chi connectivity index (χ3v) is 5.21. The predicted octanol–water partition coefficient (Wildman–Crippen LogP) is 19.2. The van der Waals surface area contributed by atoms with Gasteiger partial charge in [0.2, 0.25) is 0 Å². The molecule has 0 amide bonds. The van der Waals surface area contributed by atoms with Gasteiger partial charge in [0.05, 0.1) is 0 Å². The van der Waals surface area contributed by atoms with Crippen molar-refractivity contribution in [3.8, 4) is 0 Å². The summed E-state index contributed by atoms with van der Waals surface area (Å²) in [6.45, 7) is 51.9. The van der Waals surface area contributed by atoms with E-state index in [9.17, 15) is 0 Å². The molecule has 0 fully saturated rings. The highest BCUT2D eigenvalue weighted by Crippen LogP contribution is 2.08. The lowest BCUT2D eigenvalue weighted by Crippen LogP contribution is -1.93. The van der Waals surface area contributed by atoms with Gasteiger partial charge in [0.15, 0.2) is 0 Å². The lowest BCUT2D eigenvalue weighted by atomic mass is 10.0. The van der Waals surface area contributed by atoms with E-state index in [1.54, 1.807) is 0 Å². The maximum absolute atomic E-state index is 2.22. The second kappa shape index (κ2) is 61.6. The Labute approximate surface area is 318 Å². The van der Waals surface area contributed by atoms with Crippen molar-refractivity contribution in [2.24, 2.45) is 23.2 Å². The second-order valence-electron chi connectivity index (χ2n) is 15.1. The highest BCUT2D eigenvalue weighted by Gasteiger charge is 1.95. The average molecular weight is 693 g/mol. The van der Waals surface area contributed by atoms with E-state index in [0.717, 1.165) is 17.8 Å². The fraction of sp³-hybridized carbons (Fsp3) is 0.755. The zero-order valence-corrected chi connectivity index (χ0v) is 38.6. The highest BCUT2D eigenvalue weighted by atomic mass is 14.0. The van der Waals surface area contributed by atoms with Crippen LogP contribution in [0, 0.1) is 43.9 Å². The molecule has 0 aromatic heterocycles. The van der Waals surface area contributed by atoms with Gasteiger partial charge in [0.1, 0.15) is 0 Å². The maximum atomic E-state index is 2.22. The van der Waals surface area contributed by atoms with Crippen LogP contribution < -0.4 is 0 Å². The van der Waals surface area contributed by atoms with E-state index >= 15 is 0 Å².